The van der Waals surface area contributed by atoms with E-state index >= 15 is 0 Å². The van der Waals surface area contributed by atoms with Gasteiger partial charge in [-0.3, -0.25) is 4.79 Å². The summed E-state index contributed by atoms with van der Waals surface area (Å²) in [7, 11) is 1.12. The molecule has 32 heavy (non-hydrogen) atoms. The molecule has 3 aromatic rings. The Kier molecular flexibility index (Phi) is 6.84. The van der Waals surface area contributed by atoms with E-state index in [0.717, 1.165) is 35.9 Å². The summed E-state index contributed by atoms with van der Waals surface area (Å²) in [6.07, 6.45) is -5.09. The Bertz CT molecular complexity index is 1160. The molecule has 2 aromatic heterocycles. The number of methoxy groups -OCH3 is 1. The van der Waals surface area contributed by atoms with Gasteiger partial charge in [0.25, 0.3) is 12.0 Å². The largest absolute Gasteiger partial charge is 0.609 e. The molecule has 1 aromatic carbocycles. The number of pyridine rings is 1. The zero-order valence-electron chi connectivity index (χ0n) is 16.7. The lowest BCUT2D eigenvalue weighted by molar-refractivity contribution is -0.138. The van der Waals surface area contributed by atoms with E-state index in [2.05, 4.69) is 9.97 Å². The lowest BCUT2D eigenvalue weighted by atomic mass is 10.1. The second kappa shape index (κ2) is 9.25. The van der Waals surface area contributed by atoms with Crippen molar-refractivity contribution in [3.63, 3.8) is 0 Å². The Morgan fingerprint density at radius 2 is 1.88 bits per heavy atom. The molecular formula is C20H16F5N3O3S. The molecule has 0 amide bonds. The topological polar surface area (TPSA) is 80.1 Å². The number of halogens is 5. The van der Waals surface area contributed by atoms with E-state index in [-0.39, 0.29) is 34.3 Å². The zero-order chi connectivity index (χ0) is 23.6. The summed E-state index contributed by atoms with van der Waals surface area (Å²) >= 11 is -1.74. The van der Waals surface area contributed by atoms with Gasteiger partial charge in [0.15, 0.2) is 0 Å². The van der Waals surface area contributed by atoms with Gasteiger partial charge in [0.05, 0.1) is 24.9 Å². The molecule has 0 aliphatic heterocycles. The molecule has 1 atom stereocenters. The van der Waals surface area contributed by atoms with Gasteiger partial charge >= 0.3 is 11.3 Å². The summed E-state index contributed by atoms with van der Waals surface area (Å²) in [4.78, 5) is 19.9. The number of hydrogen-bond acceptors (Lipinski definition) is 5. The molecule has 12 heteroatoms. The summed E-state index contributed by atoms with van der Waals surface area (Å²) in [5, 5.41) is -0.305. The Morgan fingerprint density at radius 1 is 1.16 bits per heavy atom. The Morgan fingerprint density at radius 3 is 2.47 bits per heavy atom. The summed E-state index contributed by atoms with van der Waals surface area (Å²) < 4.78 is 83.8. The highest BCUT2D eigenvalue weighted by Gasteiger charge is 2.34. The van der Waals surface area contributed by atoms with Gasteiger partial charge in [-0.15, -0.1) is 0 Å². The van der Waals surface area contributed by atoms with E-state index in [4.69, 9.17) is 4.74 Å². The molecule has 0 radical (unpaired) electrons. The Balaban J connectivity index is 2.04. The molecule has 0 saturated heterocycles. The maximum atomic E-state index is 13.3. The zero-order valence-corrected chi connectivity index (χ0v) is 17.5. The molecule has 3 rings (SSSR count). The number of nitrogens with zero attached hydrogens (tertiary/aromatic N) is 3. The van der Waals surface area contributed by atoms with Crippen LogP contribution in [-0.4, -0.2) is 32.5 Å². The lowest BCUT2D eigenvalue weighted by Crippen LogP contribution is -2.20. The third kappa shape index (κ3) is 5.25. The SMILES string of the molecule is COc1ccc(Cn2cc(-c3cc(C(F)F)nc([S+](C)[O-])n3)ccc2=O)cc1C(F)(F)F. The molecule has 0 spiro atoms. The highest BCUT2D eigenvalue weighted by Crippen LogP contribution is 2.36. The third-order valence-electron chi connectivity index (χ3n) is 4.41. The predicted molar refractivity (Wildman–Crippen MR) is 106 cm³/mol. The van der Waals surface area contributed by atoms with Crippen molar-refractivity contribution >= 4 is 11.2 Å². The summed E-state index contributed by atoms with van der Waals surface area (Å²) in [6, 6.07) is 6.86. The second-order valence-corrected chi connectivity index (χ2v) is 7.91. The van der Waals surface area contributed by atoms with Gasteiger partial charge in [0.2, 0.25) is 0 Å². The first-order valence-electron chi connectivity index (χ1n) is 8.95. The van der Waals surface area contributed by atoms with Gasteiger partial charge in [-0.25, -0.2) is 8.78 Å². The summed E-state index contributed by atoms with van der Waals surface area (Å²) in [5.74, 6) is -0.358. The molecule has 1 unspecified atom stereocenters. The fourth-order valence-electron chi connectivity index (χ4n) is 2.91. The van der Waals surface area contributed by atoms with Crippen LogP contribution in [0.1, 0.15) is 23.2 Å². The van der Waals surface area contributed by atoms with Gasteiger partial charge in [-0.05, 0) is 29.8 Å². The molecule has 0 fully saturated rings. The highest BCUT2D eigenvalue weighted by molar-refractivity contribution is 7.90. The molecule has 2 heterocycles. The van der Waals surface area contributed by atoms with E-state index in [0.29, 0.717) is 0 Å². The van der Waals surface area contributed by atoms with Crippen molar-refractivity contribution in [3.05, 3.63) is 69.8 Å². The molecule has 0 N–H and O–H groups in total. The van der Waals surface area contributed by atoms with E-state index in [1.54, 1.807) is 0 Å². The maximum Gasteiger partial charge on any atom is 0.419 e. The maximum absolute atomic E-state index is 13.3. The molecule has 0 aliphatic carbocycles. The van der Waals surface area contributed by atoms with Crippen LogP contribution in [-0.2, 0) is 23.9 Å². The van der Waals surface area contributed by atoms with Gasteiger partial charge < -0.3 is 13.9 Å². The quantitative estimate of drug-likeness (QED) is 0.307. The monoisotopic (exact) mass is 473 g/mol. The minimum Gasteiger partial charge on any atom is -0.609 e. The standard InChI is InChI=1S/C20H16F5N3O3S/c1-31-16-5-3-11(7-13(16)20(23,24)25)9-28-10-12(4-6-17(28)29)14-8-15(18(21)22)27-19(26-14)32(2)30/h3-8,10,18H,9H2,1-2H3. The summed E-state index contributed by atoms with van der Waals surface area (Å²) in [6.45, 7) is -0.223. The van der Waals surface area contributed by atoms with Crippen molar-refractivity contribution < 1.29 is 31.2 Å². The van der Waals surface area contributed by atoms with Crippen molar-refractivity contribution in [2.75, 3.05) is 13.4 Å². The Hall–Kier alpha value is -2.99. The average Bonchev–Trinajstić information content (AvgIpc) is 2.74. The highest BCUT2D eigenvalue weighted by atomic mass is 32.2. The number of alkyl halides is 5. The van der Waals surface area contributed by atoms with Crippen molar-refractivity contribution in [2.24, 2.45) is 0 Å². The molecule has 170 valence electrons. The number of ether oxygens (including phenoxy) is 1. The Labute approximate surface area is 181 Å². The number of aromatic nitrogens is 3. The van der Waals surface area contributed by atoms with E-state index in [9.17, 15) is 31.3 Å². The van der Waals surface area contributed by atoms with Gasteiger partial charge in [0.1, 0.15) is 17.7 Å². The lowest BCUT2D eigenvalue weighted by Gasteiger charge is -2.14. The fraction of sp³-hybridized carbons (Fsp3) is 0.250. The molecule has 0 bridgehead atoms. The van der Waals surface area contributed by atoms with Crippen LogP contribution in [0.15, 0.2) is 52.5 Å². The van der Waals surface area contributed by atoms with Crippen LogP contribution in [0.2, 0.25) is 0 Å². The van der Waals surface area contributed by atoms with Crippen LogP contribution in [0.4, 0.5) is 22.0 Å². The fourth-order valence-corrected chi connectivity index (χ4v) is 3.37. The molecular weight excluding hydrogens is 457 g/mol. The van der Waals surface area contributed by atoms with Gasteiger partial charge in [0, 0.05) is 29.0 Å². The van der Waals surface area contributed by atoms with E-state index in [1.165, 1.54) is 24.6 Å². The van der Waals surface area contributed by atoms with Crippen molar-refractivity contribution in [1.82, 2.24) is 14.5 Å². The van der Waals surface area contributed by atoms with Gasteiger partial charge in [-0.2, -0.15) is 23.1 Å². The van der Waals surface area contributed by atoms with E-state index < -0.39 is 40.6 Å². The average molecular weight is 473 g/mol. The van der Waals surface area contributed by atoms with Crippen LogP contribution in [0.5, 0.6) is 5.75 Å². The first kappa shape index (κ1) is 23.7. The minimum atomic E-state index is -4.66. The molecule has 0 aliphatic rings. The predicted octanol–water partition coefficient (Wildman–Crippen LogP) is 4.06. The minimum absolute atomic E-state index is 0.0000357. The van der Waals surface area contributed by atoms with Crippen LogP contribution < -0.4 is 10.3 Å². The molecule has 6 nitrogen and oxygen atoms in total. The van der Waals surface area contributed by atoms with Crippen LogP contribution in [0.3, 0.4) is 0 Å². The third-order valence-corrected chi connectivity index (χ3v) is 5.10. The van der Waals surface area contributed by atoms with Crippen molar-refractivity contribution in [3.8, 4) is 17.0 Å². The van der Waals surface area contributed by atoms with Crippen LogP contribution >= 0.6 is 0 Å². The normalized spacial score (nSPS) is 12.8. The van der Waals surface area contributed by atoms with Crippen LogP contribution in [0.25, 0.3) is 11.3 Å². The number of hydrogen-bond donors (Lipinski definition) is 0. The number of benzene rings is 1. The smallest absolute Gasteiger partial charge is 0.419 e. The number of rotatable bonds is 6. The first-order valence-corrected chi connectivity index (χ1v) is 10.5. The molecule has 0 saturated carbocycles. The first-order chi connectivity index (χ1) is 15.0. The summed E-state index contributed by atoms with van der Waals surface area (Å²) in [5.41, 5.74) is -1.76. The second-order valence-electron chi connectivity index (χ2n) is 6.63. The van der Waals surface area contributed by atoms with Crippen molar-refractivity contribution in [1.29, 1.82) is 0 Å². The van der Waals surface area contributed by atoms with Crippen LogP contribution in [0, 0.1) is 0 Å². The van der Waals surface area contributed by atoms with Crippen molar-refractivity contribution in [2.45, 2.75) is 24.3 Å². The van der Waals surface area contributed by atoms with E-state index in [1.807, 2.05) is 0 Å². The van der Waals surface area contributed by atoms with Gasteiger partial charge in [-0.1, -0.05) is 6.07 Å².